The largest absolute Gasteiger partial charge is 0.457 e. The fourth-order valence-electron chi connectivity index (χ4n) is 2.62. The fraction of sp³-hybridized carbons (Fsp3) is 0.235. The maximum absolute atomic E-state index is 12.6. The molecule has 6 heteroatoms. The number of benzene rings is 2. The van der Waals surface area contributed by atoms with Crippen molar-refractivity contribution in [2.75, 3.05) is 6.54 Å². The highest BCUT2D eigenvalue weighted by atomic mass is 19.4. The third-order valence-electron chi connectivity index (χ3n) is 3.81. The van der Waals surface area contributed by atoms with Crippen LogP contribution in [0, 0.1) is 0 Å². The summed E-state index contributed by atoms with van der Waals surface area (Å²) in [5.41, 5.74) is 1.28. The lowest BCUT2D eigenvalue weighted by Gasteiger charge is -2.26. The van der Waals surface area contributed by atoms with Crippen LogP contribution in [0.5, 0.6) is 11.5 Å². The van der Waals surface area contributed by atoms with E-state index >= 15 is 0 Å². The van der Waals surface area contributed by atoms with E-state index in [1.807, 2.05) is 12.1 Å². The second kappa shape index (κ2) is 5.95. The predicted octanol–water partition coefficient (Wildman–Crippen LogP) is 4.01. The van der Waals surface area contributed by atoms with Crippen LogP contribution < -0.4 is 4.74 Å². The number of carbonyl (C=O) groups excluding carboxylic acids is 1. The van der Waals surface area contributed by atoms with E-state index in [1.165, 1.54) is 12.1 Å². The van der Waals surface area contributed by atoms with Gasteiger partial charge in [0.25, 0.3) is 0 Å². The topological polar surface area (TPSA) is 29.5 Å². The molecule has 1 amide bonds. The Morgan fingerprint density at radius 2 is 1.83 bits per heavy atom. The summed E-state index contributed by atoms with van der Waals surface area (Å²) in [6.45, 7) is 1.12. The lowest BCUT2D eigenvalue weighted by Crippen LogP contribution is -2.29. The van der Waals surface area contributed by atoms with Crippen LogP contribution in [0.25, 0.3) is 0 Å². The third-order valence-corrected chi connectivity index (χ3v) is 3.81. The highest BCUT2D eigenvalue weighted by Gasteiger charge is 2.30. The van der Waals surface area contributed by atoms with E-state index in [2.05, 4.69) is 0 Å². The number of amides is 1. The second-order valence-electron chi connectivity index (χ2n) is 5.34. The van der Waals surface area contributed by atoms with Gasteiger partial charge in [-0.2, -0.15) is 13.2 Å². The van der Waals surface area contributed by atoms with Gasteiger partial charge in [0.2, 0.25) is 6.41 Å². The molecule has 0 unspecified atom stereocenters. The molecule has 0 bridgehead atoms. The summed E-state index contributed by atoms with van der Waals surface area (Å²) in [6.07, 6.45) is -2.89. The van der Waals surface area contributed by atoms with Crippen molar-refractivity contribution in [3.05, 3.63) is 59.2 Å². The fourth-order valence-corrected chi connectivity index (χ4v) is 2.62. The zero-order chi connectivity index (χ0) is 16.4. The number of ether oxygens (including phenoxy) is 1. The minimum Gasteiger partial charge on any atom is -0.457 e. The van der Waals surface area contributed by atoms with E-state index in [4.69, 9.17) is 4.74 Å². The average molecular weight is 321 g/mol. The molecular formula is C17H14F3NO2. The van der Waals surface area contributed by atoms with Gasteiger partial charge in [0.15, 0.2) is 0 Å². The predicted molar refractivity (Wildman–Crippen MR) is 78.1 cm³/mol. The van der Waals surface area contributed by atoms with Crippen molar-refractivity contribution < 1.29 is 22.7 Å². The molecule has 2 aromatic carbocycles. The van der Waals surface area contributed by atoms with Crippen molar-refractivity contribution in [2.24, 2.45) is 0 Å². The maximum Gasteiger partial charge on any atom is 0.416 e. The number of hydrogen-bond acceptors (Lipinski definition) is 2. The van der Waals surface area contributed by atoms with E-state index in [9.17, 15) is 18.0 Å². The lowest BCUT2D eigenvalue weighted by atomic mass is 9.99. The number of rotatable bonds is 3. The number of alkyl halides is 3. The van der Waals surface area contributed by atoms with Gasteiger partial charge >= 0.3 is 6.18 Å². The van der Waals surface area contributed by atoms with Crippen molar-refractivity contribution in [3.63, 3.8) is 0 Å². The first-order valence-electron chi connectivity index (χ1n) is 7.12. The van der Waals surface area contributed by atoms with Gasteiger partial charge in [-0.15, -0.1) is 0 Å². The molecule has 3 nitrogen and oxygen atoms in total. The number of fused-ring (bicyclic) bond motifs is 1. The molecular weight excluding hydrogens is 307 g/mol. The van der Waals surface area contributed by atoms with Crippen LogP contribution in [0.15, 0.2) is 42.5 Å². The molecule has 1 heterocycles. The molecule has 23 heavy (non-hydrogen) atoms. The van der Waals surface area contributed by atoms with Crippen LogP contribution in [-0.4, -0.2) is 17.9 Å². The van der Waals surface area contributed by atoms with E-state index in [0.29, 0.717) is 31.0 Å². The van der Waals surface area contributed by atoms with Gasteiger partial charge in [-0.05, 0) is 42.3 Å². The summed E-state index contributed by atoms with van der Waals surface area (Å²) in [6, 6.07) is 10.1. The van der Waals surface area contributed by atoms with Gasteiger partial charge < -0.3 is 9.64 Å². The molecule has 0 saturated carbocycles. The van der Waals surface area contributed by atoms with E-state index in [1.54, 1.807) is 11.0 Å². The molecule has 1 aliphatic heterocycles. The van der Waals surface area contributed by atoms with Crippen LogP contribution in [0.4, 0.5) is 13.2 Å². The Morgan fingerprint density at radius 3 is 2.48 bits per heavy atom. The first kappa shape index (κ1) is 15.4. The van der Waals surface area contributed by atoms with Crippen LogP contribution in [-0.2, 0) is 23.9 Å². The van der Waals surface area contributed by atoms with Gasteiger partial charge in [-0.1, -0.05) is 12.1 Å². The summed E-state index contributed by atoms with van der Waals surface area (Å²) < 4.78 is 43.4. The molecule has 0 aromatic heterocycles. The number of hydrogen-bond donors (Lipinski definition) is 0. The zero-order valence-electron chi connectivity index (χ0n) is 12.1. The van der Waals surface area contributed by atoms with Gasteiger partial charge in [0.05, 0.1) is 5.56 Å². The number of halogens is 3. The zero-order valence-corrected chi connectivity index (χ0v) is 12.1. The van der Waals surface area contributed by atoms with E-state index in [0.717, 1.165) is 29.7 Å². The highest BCUT2D eigenvalue weighted by Crippen LogP contribution is 2.34. The van der Waals surface area contributed by atoms with Crippen LogP contribution in [0.3, 0.4) is 0 Å². The third kappa shape index (κ3) is 3.31. The monoisotopic (exact) mass is 321 g/mol. The van der Waals surface area contributed by atoms with E-state index < -0.39 is 11.7 Å². The average Bonchev–Trinajstić information content (AvgIpc) is 2.54. The molecule has 0 aliphatic carbocycles. The van der Waals surface area contributed by atoms with Crippen molar-refractivity contribution >= 4 is 6.41 Å². The summed E-state index contributed by atoms with van der Waals surface area (Å²) in [5, 5.41) is 0. The van der Waals surface area contributed by atoms with Crippen LogP contribution in [0.2, 0.25) is 0 Å². The van der Waals surface area contributed by atoms with Gasteiger partial charge in [0.1, 0.15) is 11.5 Å². The first-order valence-corrected chi connectivity index (χ1v) is 7.12. The van der Waals surface area contributed by atoms with Crippen molar-refractivity contribution in [2.45, 2.75) is 19.1 Å². The summed E-state index contributed by atoms with van der Waals surface area (Å²) >= 11 is 0. The van der Waals surface area contributed by atoms with Crippen molar-refractivity contribution in [1.82, 2.24) is 4.90 Å². The normalized spacial score (nSPS) is 14.3. The van der Waals surface area contributed by atoms with Gasteiger partial charge in [-0.3, -0.25) is 4.79 Å². The molecule has 0 fully saturated rings. The Bertz CT molecular complexity index is 711. The van der Waals surface area contributed by atoms with Crippen LogP contribution in [0.1, 0.15) is 16.7 Å². The molecule has 0 saturated heterocycles. The Labute approximate surface area is 131 Å². The van der Waals surface area contributed by atoms with Gasteiger partial charge in [0, 0.05) is 18.7 Å². The quantitative estimate of drug-likeness (QED) is 0.799. The smallest absolute Gasteiger partial charge is 0.416 e. The van der Waals surface area contributed by atoms with Crippen LogP contribution >= 0.6 is 0 Å². The molecule has 3 rings (SSSR count). The second-order valence-corrected chi connectivity index (χ2v) is 5.34. The lowest BCUT2D eigenvalue weighted by molar-refractivity contribution is -0.137. The molecule has 2 aromatic rings. The number of carbonyl (C=O) groups is 1. The summed E-state index contributed by atoms with van der Waals surface area (Å²) in [5.74, 6) is 0.969. The molecule has 1 aliphatic rings. The first-order chi connectivity index (χ1) is 11.0. The SMILES string of the molecule is O=CN1CCc2c(cccc2Oc2ccc(C(F)(F)F)cc2)C1. The van der Waals surface area contributed by atoms with Crippen molar-refractivity contribution in [3.8, 4) is 11.5 Å². The van der Waals surface area contributed by atoms with Crippen molar-refractivity contribution in [1.29, 1.82) is 0 Å². The van der Waals surface area contributed by atoms with Gasteiger partial charge in [-0.25, -0.2) is 0 Å². The molecule has 0 spiro atoms. The minimum absolute atomic E-state index is 0.351. The molecule has 120 valence electrons. The Kier molecular flexibility index (Phi) is 3.98. The summed E-state index contributed by atoms with van der Waals surface area (Å²) in [7, 11) is 0. The standard InChI is InChI=1S/C17H14F3NO2/c18-17(19,20)13-4-6-14(7-5-13)23-16-3-1-2-12-10-21(11-22)9-8-15(12)16/h1-7,11H,8-10H2. The van der Waals surface area contributed by atoms with E-state index in [-0.39, 0.29) is 0 Å². The Hall–Kier alpha value is -2.50. The summed E-state index contributed by atoms with van der Waals surface area (Å²) in [4.78, 5) is 12.5. The Balaban J connectivity index is 1.83. The molecule has 0 atom stereocenters. The maximum atomic E-state index is 12.6. The number of nitrogens with zero attached hydrogens (tertiary/aromatic N) is 1. The minimum atomic E-state index is -4.36. The Morgan fingerprint density at radius 1 is 1.09 bits per heavy atom. The molecule has 0 radical (unpaired) electrons. The molecule has 0 N–H and O–H groups in total. The highest BCUT2D eigenvalue weighted by molar-refractivity contribution is 5.51.